The maximum atomic E-state index is 13.5. The van der Waals surface area contributed by atoms with E-state index in [-0.39, 0.29) is 16.1 Å². The van der Waals surface area contributed by atoms with Gasteiger partial charge in [0.1, 0.15) is 0 Å². The maximum absolute atomic E-state index is 13.5. The molecule has 132 valence electrons. The molecule has 2 heteroatoms. The monoisotopic (exact) mass is 360 g/mol. The molecule has 0 aliphatic carbocycles. The zero-order valence-electron chi connectivity index (χ0n) is 15.1. The minimum atomic E-state index is -0.211. The second-order valence-electron chi connectivity index (χ2n) is 6.85. The van der Waals surface area contributed by atoms with E-state index in [9.17, 15) is 9.59 Å². The summed E-state index contributed by atoms with van der Waals surface area (Å²) in [6, 6.07) is 30.6. The second kappa shape index (κ2) is 6.43. The van der Waals surface area contributed by atoms with Crippen LogP contribution in [-0.4, -0.2) is 0 Å². The molecule has 5 aromatic carbocycles. The summed E-state index contributed by atoms with van der Waals surface area (Å²) in [5.74, 6) is 0. The molecule has 0 aromatic heterocycles. The molecule has 0 radical (unpaired) electrons. The van der Waals surface area contributed by atoms with Gasteiger partial charge in [-0.1, -0.05) is 97.1 Å². The van der Waals surface area contributed by atoms with Crippen molar-refractivity contribution in [2.75, 3.05) is 0 Å². The maximum Gasteiger partial charge on any atom is 0.198 e. The Balaban J connectivity index is 2.11. The molecule has 0 unspecified atom stereocenters. The van der Waals surface area contributed by atoms with Crippen LogP contribution in [0.4, 0.5) is 0 Å². The molecule has 28 heavy (non-hydrogen) atoms. The SMILES string of the molecule is O=c1c(=C(c2ccccc2)c2ccccc2)c(=O)c2cccc3cccc1c32. The van der Waals surface area contributed by atoms with Crippen LogP contribution in [0.5, 0.6) is 0 Å². The van der Waals surface area contributed by atoms with Gasteiger partial charge in [0.05, 0.1) is 5.22 Å². The lowest BCUT2D eigenvalue weighted by Crippen LogP contribution is -2.41. The van der Waals surface area contributed by atoms with Crippen LogP contribution in [0.15, 0.2) is 107 Å². The Kier molecular flexibility index (Phi) is 3.77. The number of rotatable bonds is 2. The fourth-order valence-corrected chi connectivity index (χ4v) is 3.98. The van der Waals surface area contributed by atoms with Gasteiger partial charge in [0, 0.05) is 21.7 Å². The third-order valence-corrected chi connectivity index (χ3v) is 5.22. The van der Waals surface area contributed by atoms with Gasteiger partial charge in [-0.2, -0.15) is 0 Å². The third-order valence-electron chi connectivity index (χ3n) is 5.22. The number of hydrogen-bond acceptors (Lipinski definition) is 2. The summed E-state index contributed by atoms with van der Waals surface area (Å²) in [5.41, 5.74) is 1.98. The predicted molar refractivity (Wildman–Crippen MR) is 115 cm³/mol. The highest BCUT2D eigenvalue weighted by Gasteiger charge is 2.16. The molecule has 0 saturated carbocycles. The molecule has 0 saturated heterocycles. The lowest BCUT2D eigenvalue weighted by molar-refractivity contribution is 1.43. The lowest BCUT2D eigenvalue weighted by Gasteiger charge is -2.10. The molecular formula is C26H16O2. The zero-order chi connectivity index (χ0) is 19.1. The molecule has 0 atom stereocenters. The molecule has 2 nitrogen and oxygen atoms in total. The van der Waals surface area contributed by atoms with Crippen LogP contribution in [-0.2, 0) is 0 Å². The molecule has 5 rings (SSSR count). The Hall–Kier alpha value is -3.78. The second-order valence-corrected chi connectivity index (χ2v) is 6.85. The van der Waals surface area contributed by atoms with E-state index in [0.29, 0.717) is 16.3 Å². The fraction of sp³-hybridized carbons (Fsp3) is 0. The third kappa shape index (κ3) is 2.43. The smallest absolute Gasteiger partial charge is 0.198 e. The van der Waals surface area contributed by atoms with E-state index in [1.165, 1.54) is 0 Å². The van der Waals surface area contributed by atoms with E-state index < -0.39 is 0 Å². The Morgan fingerprint density at radius 3 is 1.43 bits per heavy atom. The predicted octanol–water partition coefficient (Wildman–Crippen LogP) is 4.12. The van der Waals surface area contributed by atoms with Gasteiger partial charge in [-0.15, -0.1) is 0 Å². The van der Waals surface area contributed by atoms with Crippen LogP contribution in [0.25, 0.3) is 27.1 Å². The highest BCUT2D eigenvalue weighted by Crippen LogP contribution is 2.23. The first-order valence-corrected chi connectivity index (χ1v) is 9.22. The van der Waals surface area contributed by atoms with Crippen molar-refractivity contribution >= 4 is 27.1 Å². The van der Waals surface area contributed by atoms with E-state index in [1.54, 1.807) is 0 Å². The van der Waals surface area contributed by atoms with Gasteiger partial charge in [0.25, 0.3) is 0 Å². The van der Waals surface area contributed by atoms with Crippen molar-refractivity contribution in [1.82, 2.24) is 0 Å². The summed E-state index contributed by atoms with van der Waals surface area (Å²) in [7, 11) is 0. The molecule has 0 N–H and O–H groups in total. The van der Waals surface area contributed by atoms with Gasteiger partial charge in [0.2, 0.25) is 0 Å². The highest BCUT2D eigenvalue weighted by molar-refractivity contribution is 6.10. The van der Waals surface area contributed by atoms with E-state index in [2.05, 4.69) is 0 Å². The first kappa shape index (κ1) is 16.4. The normalized spacial score (nSPS) is 11.1. The number of benzene rings is 5. The quantitative estimate of drug-likeness (QED) is 0.475. The number of hydrogen-bond donors (Lipinski definition) is 0. The van der Waals surface area contributed by atoms with Crippen LogP contribution in [0, 0.1) is 0 Å². The first-order valence-electron chi connectivity index (χ1n) is 9.22. The Morgan fingerprint density at radius 2 is 0.964 bits per heavy atom. The van der Waals surface area contributed by atoms with Crippen molar-refractivity contribution in [2.45, 2.75) is 0 Å². The van der Waals surface area contributed by atoms with Gasteiger partial charge in [-0.05, 0) is 16.5 Å². The van der Waals surface area contributed by atoms with Crippen molar-refractivity contribution < 1.29 is 0 Å². The Labute approximate surface area is 161 Å². The van der Waals surface area contributed by atoms with Crippen LogP contribution < -0.4 is 16.1 Å². The van der Waals surface area contributed by atoms with Gasteiger partial charge < -0.3 is 0 Å². The fourth-order valence-electron chi connectivity index (χ4n) is 3.98. The van der Waals surface area contributed by atoms with Crippen molar-refractivity contribution in [2.24, 2.45) is 0 Å². The molecule has 0 fully saturated rings. The summed E-state index contributed by atoms with van der Waals surface area (Å²) in [6.07, 6.45) is 0. The summed E-state index contributed by atoms with van der Waals surface area (Å²) < 4.78 is 0. The molecule has 0 aliphatic heterocycles. The van der Waals surface area contributed by atoms with Gasteiger partial charge >= 0.3 is 0 Å². The van der Waals surface area contributed by atoms with Crippen LogP contribution >= 0.6 is 0 Å². The Morgan fingerprint density at radius 1 is 0.500 bits per heavy atom. The van der Waals surface area contributed by atoms with E-state index >= 15 is 0 Å². The van der Waals surface area contributed by atoms with E-state index in [4.69, 9.17) is 0 Å². The standard InChI is InChI=1S/C26H16O2/c27-25-20-15-7-13-19-14-8-16-21(23(19)20)26(28)24(25)22(17-9-3-1-4-10-17)18-11-5-2-6-12-18/h1-16H. The van der Waals surface area contributed by atoms with Crippen molar-refractivity contribution in [3.63, 3.8) is 0 Å². The summed E-state index contributed by atoms with van der Waals surface area (Å²) in [5, 5.41) is 3.09. The first-order chi connectivity index (χ1) is 13.8. The van der Waals surface area contributed by atoms with Gasteiger partial charge in [0.15, 0.2) is 10.9 Å². The average molecular weight is 360 g/mol. The van der Waals surface area contributed by atoms with E-state index in [1.807, 2.05) is 97.1 Å². The van der Waals surface area contributed by atoms with E-state index in [0.717, 1.165) is 21.9 Å². The zero-order valence-corrected chi connectivity index (χ0v) is 15.1. The van der Waals surface area contributed by atoms with Gasteiger partial charge in [-0.25, -0.2) is 0 Å². The summed E-state index contributed by atoms with van der Waals surface area (Å²) in [6.45, 7) is 0. The molecule has 0 amide bonds. The van der Waals surface area contributed by atoms with Crippen LogP contribution in [0.2, 0.25) is 0 Å². The molecule has 0 bridgehead atoms. The topological polar surface area (TPSA) is 34.1 Å². The minimum Gasteiger partial charge on any atom is -0.288 e. The average Bonchev–Trinajstić information content (AvgIpc) is 2.76. The molecule has 0 aliphatic rings. The van der Waals surface area contributed by atoms with Crippen LogP contribution in [0.1, 0.15) is 11.1 Å². The van der Waals surface area contributed by atoms with Crippen molar-refractivity contribution in [3.8, 4) is 0 Å². The summed E-state index contributed by atoms with van der Waals surface area (Å²) >= 11 is 0. The minimum absolute atomic E-state index is 0.211. The summed E-state index contributed by atoms with van der Waals surface area (Å²) in [4.78, 5) is 27.0. The molecular weight excluding hydrogens is 344 g/mol. The molecule has 0 heterocycles. The largest absolute Gasteiger partial charge is 0.288 e. The van der Waals surface area contributed by atoms with Crippen molar-refractivity contribution in [1.29, 1.82) is 0 Å². The van der Waals surface area contributed by atoms with Crippen LogP contribution in [0.3, 0.4) is 0 Å². The highest BCUT2D eigenvalue weighted by atomic mass is 16.1. The molecule has 0 spiro atoms. The van der Waals surface area contributed by atoms with Crippen molar-refractivity contribution in [3.05, 3.63) is 134 Å². The molecule has 5 aromatic rings. The Bertz CT molecular complexity index is 1360. The lowest BCUT2D eigenvalue weighted by atomic mass is 9.92. The van der Waals surface area contributed by atoms with Gasteiger partial charge in [-0.3, -0.25) is 9.59 Å².